The Morgan fingerprint density at radius 1 is 1.10 bits per heavy atom. The highest BCUT2D eigenvalue weighted by Gasteiger charge is 2.30. The zero-order valence-corrected chi connectivity index (χ0v) is 17.2. The highest BCUT2D eigenvalue weighted by Crippen LogP contribution is 2.32. The van der Waals surface area contributed by atoms with Gasteiger partial charge in [-0.05, 0) is 51.7 Å². The number of aryl methyl sites for hydroxylation is 3. The maximum atomic E-state index is 13.1. The number of carbonyl (C=O) groups is 2. The van der Waals surface area contributed by atoms with E-state index in [1.165, 1.54) is 6.20 Å². The van der Waals surface area contributed by atoms with Crippen molar-refractivity contribution in [2.24, 2.45) is 0 Å². The fourth-order valence-electron chi connectivity index (χ4n) is 4.34. The Morgan fingerprint density at radius 2 is 1.76 bits per heavy atom. The van der Waals surface area contributed by atoms with Gasteiger partial charge < -0.3 is 14.4 Å². The van der Waals surface area contributed by atoms with Crippen LogP contribution in [0, 0.1) is 27.7 Å². The van der Waals surface area contributed by atoms with Crippen LogP contribution in [0.1, 0.15) is 62.2 Å². The number of hydrogen-bond donors (Lipinski definition) is 1. The first-order valence-electron chi connectivity index (χ1n) is 9.85. The number of furan rings is 1. The minimum absolute atomic E-state index is 0.0839. The van der Waals surface area contributed by atoms with E-state index in [4.69, 9.17) is 4.42 Å². The van der Waals surface area contributed by atoms with E-state index in [1.54, 1.807) is 11.6 Å². The third kappa shape index (κ3) is 3.10. The van der Waals surface area contributed by atoms with Crippen molar-refractivity contribution >= 4 is 22.8 Å². The Kier molecular flexibility index (Phi) is 4.68. The third-order valence-corrected chi connectivity index (χ3v) is 6.05. The molecule has 0 atom stereocenters. The van der Waals surface area contributed by atoms with Crippen molar-refractivity contribution in [1.29, 1.82) is 0 Å². The first-order chi connectivity index (χ1) is 13.8. The molecular weight excluding hydrogens is 370 g/mol. The smallest absolute Gasteiger partial charge is 0.339 e. The van der Waals surface area contributed by atoms with E-state index >= 15 is 0 Å². The summed E-state index contributed by atoms with van der Waals surface area (Å²) in [6, 6.07) is 4.16. The largest absolute Gasteiger partial charge is 0.478 e. The number of hydrogen-bond acceptors (Lipinski definition) is 4. The van der Waals surface area contributed by atoms with Crippen molar-refractivity contribution < 1.29 is 19.1 Å². The molecule has 3 heterocycles. The van der Waals surface area contributed by atoms with Gasteiger partial charge in [-0.25, -0.2) is 4.79 Å². The van der Waals surface area contributed by atoms with E-state index in [0.717, 1.165) is 40.5 Å². The quantitative estimate of drug-likeness (QED) is 0.723. The van der Waals surface area contributed by atoms with Crippen molar-refractivity contribution in [3.05, 3.63) is 52.0 Å². The summed E-state index contributed by atoms with van der Waals surface area (Å²) in [7, 11) is 0. The van der Waals surface area contributed by atoms with Crippen molar-refractivity contribution in [2.75, 3.05) is 13.1 Å². The maximum absolute atomic E-state index is 13.1. The summed E-state index contributed by atoms with van der Waals surface area (Å²) in [4.78, 5) is 26.2. The van der Waals surface area contributed by atoms with Crippen molar-refractivity contribution in [3.63, 3.8) is 0 Å². The molecule has 7 nitrogen and oxygen atoms in total. The molecule has 2 aromatic heterocycles. The minimum Gasteiger partial charge on any atom is -0.478 e. The molecule has 0 unspecified atom stereocenters. The molecule has 1 aliphatic rings. The molecule has 1 amide bonds. The summed E-state index contributed by atoms with van der Waals surface area (Å²) in [5, 5.41) is 14.5. The van der Waals surface area contributed by atoms with Crippen LogP contribution < -0.4 is 0 Å². The third-order valence-electron chi connectivity index (χ3n) is 6.05. The summed E-state index contributed by atoms with van der Waals surface area (Å²) in [5.41, 5.74) is 4.69. The number of aromatic carboxylic acids is 1. The molecule has 1 N–H and O–H groups in total. The molecule has 0 bridgehead atoms. The normalized spacial score (nSPS) is 15.2. The van der Waals surface area contributed by atoms with Crippen LogP contribution in [0.4, 0.5) is 0 Å². The van der Waals surface area contributed by atoms with Gasteiger partial charge in [0.15, 0.2) is 5.76 Å². The van der Waals surface area contributed by atoms with Crippen molar-refractivity contribution in [2.45, 2.75) is 46.6 Å². The van der Waals surface area contributed by atoms with Crippen LogP contribution in [0.15, 0.2) is 22.7 Å². The molecule has 3 aromatic rings. The van der Waals surface area contributed by atoms with Crippen LogP contribution in [-0.4, -0.2) is 44.8 Å². The number of carboxylic acid groups (broad SMARTS) is 1. The Hall–Kier alpha value is -3.09. The van der Waals surface area contributed by atoms with Gasteiger partial charge in [-0.1, -0.05) is 12.1 Å². The second-order valence-corrected chi connectivity index (χ2v) is 7.88. The van der Waals surface area contributed by atoms with E-state index in [2.05, 4.69) is 11.2 Å². The van der Waals surface area contributed by atoms with Gasteiger partial charge in [0.1, 0.15) is 11.1 Å². The first kappa shape index (κ1) is 19.2. The number of aromatic nitrogens is 2. The second-order valence-electron chi connectivity index (χ2n) is 7.88. The lowest BCUT2D eigenvalue weighted by atomic mass is 10.0. The maximum Gasteiger partial charge on any atom is 0.339 e. The number of carbonyl (C=O) groups excluding carboxylic acids is 1. The fraction of sp³-hybridized carbons (Fsp3) is 0.409. The second kappa shape index (κ2) is 7.06. The Balaban J connectivity index is 1.54. The van der Waals surface area contributed by atoms with Crippen LogP contribution in [0.5, 0.6) is 0 Å². The zero-order valence-electron chi connectivity index (χ0n) is 17.2. The van der Waals surface area contributed by atoms with Gasteiger partial charge in [0.2, 0.25) is 0 Å². The summed E-state index contributed by atoms with van der Waals surface area (Å²) < 4.78 is 7.79. The van der Waals surface area contributed by atoms with Crippen molar-refractivity contribution in [3.8, 4) is 0 Å². The predicted octanol–water partition coefficient (Wildman–Crippen LogP) is 4.04. The van der Waals surface area contributed by atoms with Crippen LogP contribution in [0.2, 0.25) is 0 Å². The van der Waals surface area contributed by atoms with Gasteiger partial charge in [0.25, 0.3) is 5.91 Å². The van der Waals surface area contributed by atoms with E-state index < -0.39 is 5.97 Å². The first-order valence-corrected chi connectivity index (χ1v) is 9.85. The number of benzene rings is 1. The molecular formula is C22H25N3O4. The molecule has 4 rings (SSSR count). The molecule has 1 fully saturated rings. The lowest BCUT2D eigenvalue weighted by Gasteiger charge is -2.32. The summed E-state index contributed by atoms with van der Waals surface area (Å²) in [6.07, 6.45) is 2.85. The fourth-order valence-corrected chi connectivity index (χ4v) is 4.34. The molecule has 0 spiro atoms. The van der Waals surface area contributed by atoms with E-state index in [9.17, 15) is 14.7 Å². The number of fused-ring (bicyclic) bond motifs is 1. The van der Waals surface area contributed by atoms with Crippen LogP contribution in [-0.2, 0) is 0 Å². The summed E-state index contributed by atoms with van der Waals surface area (Å²) >= 11 is 0. The number of amides is 1. The molecule has 1 saturated heterocycles. The van der Waals surface area contributed by atoms with Gasteiger partial charge >= 0.3 is 5.97 Å². The number of piperidine rings is 1. The highest BCUT2D eigenvalue weighted by molar-refractivity contribution is 6.00. The molecule has 7 heteroatoms. The number of rotatable bonds is 3. The Morgan fingerprint density at radius 3 is 2.34 bits per heavy atom. The predicted molar refractivity (Wildman–Crippen MR) is 109 cm³/mol. The summed E-state index contributed by atoms with van der Waals surface area (Å²) in [6.45, 7) is 8.90. The molecule has 29 heavy (non-hydrogen) atoms. The Bertz CT molecular complexity index is 1120. The number of nitrogens with zero attached hydrogens (tertiary/aromatic N) is 3. The van der Waals surface area contributed by atoms with E-state index in [1.807, 2.05) is 31.7 Å². The molecule has 0 aliphatic carbocycles. The van der Waals surface area contributed by atoms with E-state index in [0.29, 0.717) is 24.5 Å². The number of likely N-dealkylation sites (tertiary alicyclic amines) is 1. The zero-order chi connectivity index (χ0) is 20.9. The van der Waals surface area contributed by atoms with Crippen molar-refractivity contribution in [1.82, 2.24) is 14.7 Å². The van der Waals surface area contributed by atoms with Gasteiger partial charge in [0, 0.05) is 24.0 Å². The van der Waals surface area contributed by atoms with Gasteiger partial charge in [-0.2, -0.15) is 5.10 Å². The molecule has 1 aliphatic heterocycles. The van der Waals surface area contributed by atoms with Gasteiger partial charge in [-0.15, -0.1) is 0 Å². The lowest BCUT2D eigenvalue weighted by molar-refractivity contribution is 0.0658. The SMILES string of the molecule is Cc1ccc(C)c2c(C)c(C(=O)N3CCC(n4ncc(C(=O)O)c4C)CC3)oc12. The monoisotopic (exact) mass is 395 g/mol. The minimum atomic E-state index is -0.965. The van der Waals surface area contributed by atoms with Crippen LogP contribution in [0.3, 0.4) is 0 Å². The standard InChI is InChI=1S/C22H25N3O4/c1-12-5-6-13(2)19-18(12)14(3)20(29-19)21(26)24-9-7-16(8-10-24)25-15(4)17(11-23-25)22(27)28/h5-6,11,16H,7-10H2,1-4H3,(H,27,28). The van der Waals surface area contributed by atoms with Crippen LogP contribution >= 0.6 is 0 Å². The number of carboxylic acids is 1. The average Bonchev–Trinajstić information content (AvgIpc) is 3.25. The lowest BCUT2D eigenvalue weighted by Crippen LogP contribution is -2.39. The molecule has 152 valence electrons. The van der Waals surface area contributed by atoms with Gasteiger partial charge in [0.05, 0.1) is 17.9 Å². The van der Waals surface area contributed by atoms with E-state index in [-0.39, 0.29) is 17.5 Å². The highest BCUT2D eigenvalue weighted by atomic mass is 16.4. The average molecular weight is 395 g/mol. The van der Waals surface area contributed by atoms with Crippen LogP contribution in [0.25, 0.3) is 11.0 Å². The molecule has 0 saturated carbocycles. The molecule has 1 aromatic carbocycles. The topological polar surface area (TPSA) is 88.6 Å². The Labute approximate surface area is 168 Å². The van der Waals surface area contributed by atoms with Gasteiger partial charge in [-0.3, -0.25) is 9.48 Å². The molecule has 0 radical (unpaired) electrons. The summed E-state index contributed by atoms with van der Waals surface area (Å²) in [5.74, 6) is -0.633.